The van der Waals surface area contributed by atoms with Gasteiger partial charge >= 0.3 is 0 Å². The van der Waals surface area contributed by atoms with Crippen molar-refractivity contribution in [1.82, 2.24) is 0 Å². The van der Waals surface area contributed by atoms with Gasteiger partial charge in [0, 0.05) is 5.92 Å². The summed E-state index contributed by atoms with van der Waals surface area (Å²) >= 11 is 0. The molecule has 0 N–H and O–H groups in total. The molecule has 0 spiro atoms. The lowest BCUT2D eigenvalue weighted by atomic mass is 9.80. The molecule has 2 bridgehead atoms. The van der Waals surface area contributed by atoms with Crippen molar-refractivity contribution in [2.24, 2.45) is 23.7 Å². The van der Waals surface area contributed by atoms with E-state index in [0.29, 0.717) is 6.10 Å². The first-order valence-corrected chi connectivity index (χ1v) is 6.80. The molecule has 1 aromatic rings. The van der Waals surface area contributed by atoms with Crippen LogP contribution >= 0.6 is 0 Å². The second-order valence-electron chi connectivity index (χ2n) is 5.77. The van der Waals surface area contributed by atoms with Gasteiger partial charge in [0.25, 0.3) is 0 Å². The Morgan fingerprint density at radius 3 is 2.76 bits per heavy atom. The molecule has 17 heavy (non-hydrogen) atoms. The molecule has 2 fully saturated rings. The minimum absolute atomic E-state index is 0.464. The summed E-state index contributed by atoms with van der Waals surface area (Å²) in [5.41, 5.74) is 0. The molecule has 3 aliphatic rings. The Hall–Kier alpha value is -1.24. The molecule has 4 rings (SSSR count). The normalized spacial score (nSPS) is 41.8. The first kappa shape index (κ1) is 9.76. The Balaban J connectivity index is 1.53. The lowest BCUT2D eigenvalue weighted by molar-refractivity contribution is 0.0955. The third kappa shape index (κ3) is 1.45. The van der Waals surface area contributed by atoms with Crippen molar-refractivity contribution in [3.63, 3.8) is 0 Å². The average molecular weight is 226 g/mol. The monoisotopic (exact) mass is 226 g/mol. The summed E-state index contributed by atoms with van der Waals surface area (Å²) in [6.45, 7) is 0. The molecule has 1 aromatic carbocycles. The molecule has 0 saturated heterocycles. The van der Waals surface area contributed by atoms with Gasteiger partial charge in [-0.15, -0.1) is 0 Å². The molecule has 5 atom stereocenters. The zero-order valence-corrected chi connectivity index (χ0v) is 9.96. The van der Waals surface area contributed by atoms with Gasteiger partial charge in [-0.1, -0.05) is 30.4 Å². The lowest BCUT2D eigenvalue weighted by Gasteiger charge is -2.31. The van der Waals surface area contributed by atoms with Crippen LogP contribution in [0, 0.1) is 23.7 Å². The highest BCUT2D eigenvalue weighted by Gasteiger charge is 2.53. The number of hydrogen-bond acceptors (Lipinski definition) is 1. The third-order valence-corrected chi connectivity index (χ3v) is 4.98. The first-order chi connectivity index (χ1) is 8.42. The predicted octanol–water partition coefficient (Wildman–Crippen LogP) is 3.67. The van der Waals surface area contributed by atoms with Gasteiger partial charge in [0.2, 0.25) is 0 Å². The number of ether oxygens (including phenoxy) is 1. The van der Waals surface area contributed by atoms with Crippen molar-refractivity contribution in [3.8, 4) is 5.75 Å². The van der Waals surface area contributed by atoms with Crippen LogP contribution in [0.2, 0.25) is 0 Å². The number of benzene rings is 1. The minimum atomic E-state index is 0.464. The van der Waals surface area contributed by atoms with Gasteiger partial charge in [-0.25, -0.2) is 0 Å². The van der Waals surface area contributed by atoms with Crippen LogP contribution in [0.1, 0.15) is 19.3 Å². The lowest BCUT2D eigenvalue weighted by Crippen LogP contribution is -2.32. The molecule has 0 aromatic heterocycles. The molecule has 1 nitrogen and oxygen atoms in total. The number of rotatable bonds is 2. The standard InChI is InChI=1S/C16H18O/c1-2-5-12(6-3-1)17-16-10-11-9-15(16)14-8-4-7-13(11)14/h1-6,8,11,13-16H,7,9-10H2/t11-,13-,14-,15-,16+/m0/s1. The van der Waals surface area contributed by atoms with E-state index in [1.54, 1.807) is 0 Å². The van der Waals surface area contributed by atoms with E-state index in [0.717, 1.165) is 29.4 Å². The van der Waals surface area contributed by atoms with Crippen molar-refractivity contribution in [3.05, 3.63) is 42.5 Å². The van der Waals surface area contributed by atoms with Gasteiger partial charge in [-0.05, 0) is 49.1 Å². The summed E-state index contributed by atoms with van der Waals surface area (Å²) in [5.74, 6) is 4.53. The van der Waals surface area contributed by atoms with E-state index in [9.17, 15) is 0 Å². The van der Waals surface area contributed by atoms with Gasteiger partial charge < -0.3 is 4.74 Å². The molecular formula is C16H18O. The molecule has 0 unspecified atom stereocenters. The number of para-hydroxylation sites is 1. The molecular weight excluding hydrogens is 208 g/mol. The second-order valence-corrected chi connectivity index (χ2v) is 5.77. The minimum Gasteiger partial charge on any atom is -0.490 e. The van der Waals surface area contributed by atoms with E-state index in [4.69, 9.17) is 4.74 Å². The van der Waals surface area contributed by atoms with E-state index in [1.165, 1.54) is 19.3 Å². The molecule has 3 aliphatic carbocycles. The van der Waals surface area contributed by atoms with Crippen LogP contribution < -0.4 is 4.74 Å². The van der Waals surface area contributed by atoms with Crippen LogP contribution in [0.15, 0.2) is 42.5 Å². The SMILES string of the molecule is C1=C[C@H]2[C@@H](C1)[C@H]1C[C@@H]2[C@H](Oc2ccccc2)C1. The van der Waals surface area contributed by atoms with E-state index in [1.807, 2.05) is 6.07 Å². The van der Waals surface area contributed by atoms with Crippen LogP contribution in [0.25, 0.3) is 0 Å². The van der Waals surface area contributed by atoms with E-state index < -0.39 is 0 Å². The topological polar surface area (TPSA) is 9.23 Å². The maximum atomic E-state index is 6.18. The van der Waals surface area contributed by atoms with Crippen molar-refractivity contribution in [1.29, 1.82) is 0 Å². The van der Waals surface area contributed by atoms with Crippen molar-refractivity contribution < 1.29 is 4.74 Å². The molecule has 0 amide bonds. The van der Waals surface area contributed by atoms with Crippen LogP contribution in [-0.2, 0) is 0 Å². The second kappa shape index (κ2) is 3.63. The highest BCUT2D eigenvalue weighted by molar-refractivity contribution is 5.23. The Bertz CT molecular complexity index is 436. The molecule has 0 aliphatic heterocycles. The van der Waals surface area contributed by atoms with Gasteiger partial charge in [-0.2, -0.15) is 0 Å². The Kier molecular flexibility index (Phi) is 2.08. The van der Waals surface area contributed by atoms with E-state index >= 15 is 0 Å². The summed E-state index contributed by atoms with van der Waals surface area (Å²) in [7, 11) is 0. The van der Waals surface area contributed by atoms with Gasteiger partial charge in [0.05, 0.1) is 0 Å². The fraction of sp³-hybridized carbons (Fsp3) is 0.500. The molecule has 88 valence electrons. The van der Waals surface area contributed by atoms with Gasteiger partial charge in [0.15, 0.2) is 0 Å². The van der Waals surface area contributed by atoms with Gasteiger partial charge in [-0.3, -0.25) is 0 Å². The first-order valence-electron chi connectivity index (χ1n) is 6.80. The molecule has 1 heteroatoms. The average Bonchev–Trinajstić information content (AvgIpc) is 3.01. The molecule has 0 heterocycles. The molecule has 0 radical (unpaired) electrons. The largest absolute Gasteiger partial charge is 0.490 e. The summed E-state index contributed by atoms with van der Waals surface area (Å²) in [6, 6.07) is 10.3. The predicted molar refractivity (Wildman–Crippen MR) is 67.8 cm³/mol. The Morgan fingerprint density at radius 2 is 1.88 bits per heavy atom. The highest BCUT2D eigenvalue weighted by atomic mass is 16.5. The highest BCUT2D eigenvalue weighted by Crippen LogP contribution is 2.57. The maximum absolute atomic E-state index is 6.18. The van der Waals surface area contributed by atoms with Crippen LogP contribution in [-0.4, -0.2) is 6.10 Å². The maximum Gasteiger partial charge on any atom is 0.119 e. The zero-order valence-electron chi connectivity index (χ0n) is 9.96. The fourth-order valence-electron chi connectivity index (χ4n) is 4.29. The van der Waals surface area contributed by atoms with E-state index in [-0.39, 0.29) is 0 Å². The summed E-state index contributed by atoms with van der Waals surface area (Å²) in [4.78, 5) is 0. The summed E-state index contributed by atoms with van der Waals surface area (Å²) in [5, 5.41) is 0. The van der Waals surface area contributed by atoms with E-state index in [2.05, 4.69) is 36.4 Å². The fourth-order valence-corrected chi connectivity index (χ4v) is 4.29. The summed E-state index contributed by atoms with van der Waals surface area (Å²) in [6.07, 6.45) is 9.31. The van der Waals surface area contributed by atoms with Gasteiger partial charge in [0.1, 0.15) is 11.9 Å². The quantitative estimate of drug-likeness (QED) is 0.699. The van der Waals surface area contributed by atoms with Crippen LogP contribution in [0.4, 0.5) is 0 Å². The smallest absolute Gasteiger partial charge is 0.119 e. The van der Waals surface area contributed by atoms with Crippen molar-refractivity contribution in [2.45, 2.75) is 25.4 Å². The van der Waals surface area contributed by atoms with Crippen LogP contribution in [0.5, 0.6) is 5.75 Å². The molecule has 2 saturated carbocycles. The number of hydrogen-bond donors (Lipinski definition) is 0. The Labute approximate surface area is 102 Å². The Morgan fingerprint density at radius 1 is 1.00 bits per heavy atom. The third-order valence-electron chi connectivity index (χ3n) is 4.98. The zero-order chi connectivity index (χ0) is 11.2. The van der Waals surface area contributed by atoms with Crippen LogP contribution in [0.3, 0.4) is 0 Å². The van der Waals surface area contributed by atoms with Crippen molar-refractivity contribution in [2.75, 3.05) is 0 Å². The number of fused-ring (bicyclic) bond motifs is 5. The summed E-state index contributed by atoms with van der Waals surface area (Å²) < 4.78 is 6.18. The van der Waals surface area contributed by atoms with Crippen molar-refractivity contribution >= 4 is 0 Å². The number of allylic oxidation sites excluding steroid dienone is 2.